The molecule has 0 aliphatic carbocycles. The normalized spacial score (nSPS) is 11.6. The highest BCUT2D eigenvalue weighted by Gasteiger charge is 1.97. The van der Waals surface area contributed by atoms with Crippen molar-refractivity contribution in [2.75, 3.05) is 20.6 Å². The summed E-state index contributed by atoms with van der Waals surface area (Å²) in [6.45, 7) is 3.39. The average molecular weight is 599 g/mol. The van der Waals surface area contributed by atoms with Crippen LogP contribution in [0.3, 0.4) is 0 Å². The predicted octanol–water partition coefficient (Wildman–Crippen LogP) is 14.4. The number of nitrogens with zero attached hydrogens (tertiary/aromatic N) is 1. The molecule has 248 valence electrons. The Kier molecular flexibility index (Phi) is 42.1. The van der Waals surface area contributed by atoms with E-state index in [2.05, 4.69) is 38.1 Å². The molecule has 0 spiro atoms. The van der Waals surface area contributed by atoms with Crippen LogP contribution in [0.5, 0.6) is 0 Å². The molecular formula is C39H80ClN. The summed E-state index contributed by atoms with van der Waals surface area (Å²) in [5.41, 5.74) is 0. The lowest BCUT2D eigenvalue weighted by atomic mass is 10.0. The van der Waals surface area contributed by atoms with E-state index in [1.807, 2.05) is 0 Å². The van der Waals surface area contributed by atoms with E-state index < -0.39 is 0 Å². The molecule has 41 heavy (non-hydrogen) atoms. The first-order chi connectivity index (χ1) is 19.8. The van der Waals surface area contributed by atoms with Crippen molar-refractivity contribution in [3.05, 3.63) is 12.2 Å². The molecule has 0 fully saturated rings. The van der Waals surface area contributed by atoms with E-state index in [0.29, 0.717) is 0 Å². The van der Waals surface area contributed by atoms with Gasteiger partial charge in [0.15, 0.2) is 0 Å². The number of halogens is 1. The van der Waals surface area contributed by atoms with Crippen molar-refractivity contribution >= 4 is 12.4 Å². The van der Waals surface area contributed by atoms with Gasteiger partial charge in [-0.25, -0.2) is 0 Å². The standard InChI is InChI=1S/C39H79N.ClH/c1-4-5-6-7-8-9-10-11-12-13-14-15-16-17-18-19-20-21-22-23-24-25-26-27-28-29-30-31-32-33-34-35-36-37-38-39-40(2)3;/h37-38H,4-36,39H2,1-3H3;1H. The van der Waals surface area contributed by atoms with Crippen LogP contribution >= 0.6 is 12.4 Å². The smallest absolute Gasteiger partial charge is 0.0157 e. The van der Waals surface area contributed by atoms with Crippen LogP contribution in [0.1, 0.15) is 219 Å². The molecule has 0 saturated carbocycles. The van der Waals surface area contributed by atoms with Crippen LogP contribution in [0, 0.1) is 0 Å². The number of allylic oxidation sites excluding steroid dienone is 1. The molecule has 0 bridgehead atoms. The Labute approximate surface area is 268 Å². The molecule has 0 aliphatic heterocycles. The van der Waals surface area contributed by atoms with Crippen LogP contribution in [-0.2, 0) is 0 Å². The minimum absolute atomic E-state index is 0. The first-order valence-electron chi connectivity index (χ1n) is 19.1. The van der Waals surface area contributed by atoms with Crippen LogP contribution in [0.4, 0.5) is 0 Å². The average Bonchev–Trinajstić information content (AvgIpc) is 2.95. The molecule has 0 amide bonds. The Hall–Kier alpha value is -0.0100. The summed E-state index contributed by atoms with van der Waals surface area (Å²) in [5.74, 6) is 0. The molecule has 0 aromatic heterocycles. The van der Waals surface area contributed by atoms with E-state index in [1.54, 1.807) is 0 Å². The predicted molar refractivity (Wildman–Crippen MR) is 193 cm³/mol. The Morgan fingerprint density at radius 3 is 0.756 bits per heavy atom. The summed E-state index contributed by atoms with van der Waals surface area (Å²) in [4.78, 5) is 2.22. The molecule has 0 aliphatic rings. The van der Waals surface area contributed by atoms with Gasteiger partial charge in [0.25, 0.3) is 0 Å². The molecule has 0 heterocycles. The molecule has 1 nitrogen and oxygen atoms in total. The minimum atomic E-state index is 0. The lowest BCUT2D eigenvalue weighted by Crippen LogP contribution is -2.10. The van der Waals surface area contributed by atoms with Crippen molar-refractivity contribution in [2.45, 2.75) is 219 Å². The van der Waals surface area contributed by atoms with E-state index in [-0.39, 0.29) is 12.4 Å². The number of unbranched alkanes of at least 4 members (excludes halogenated alkanes) is 32. The maximum atomic E-state index is 2.36. The van der Waals surface area contributed by atoms with Crippen LogP contribution in [0.25, 0.3) is 0 Å². The highest BCUT2D eigenvalue weighted by atomic mass is 35.5. The number of hydrogen-bond acceptors (Lipinski definition) is 1. The lowest BCUT2D eigenvalue weighted by molar-refractivity contribution is 0.456. The van der Waals surface area contributed by atoms with Gasteiger partial charge in [-0.2, -0.15) is 0 Å². The topological polar surface area (TPSA) is 3.24 Å². The molecule has 0 saturated heterocycles. The van der Waals surface area contributed by atoms with Gasteiger partial charge < -0.3 is 4.90 Å². The Morgan fingerprint density at radius 2 is 0.537 bits per heavy atom. The van der Waals surface area contributed by atoms with E-state index in [1.165, 1.54) is 212 Å². The lowest BCUT2D eigenvalue weighted by Gasteiger charge is -2.05. The van der Waals surface area contributed by atoms with Gasteiger partial charge in [0.05, 0.1) is 0 Å². The third-order valence-corrected chi connectivity index (χ3v) is 8.86. The largest absolute Gasteiger partial charge is 0.306 e. The molecule has 0 unspecified atom stereocenters. The second-order valence-electron chi connectivity index (χ2n) is 13.5. The SMILES string of the molecule is CCCCCCCCCCCCCCCCCCCCCCCCCCCCCCCCCCC=CCN(C)C.Cl. The molecule has 0 radical (unpaired) electrons. The molecule has 0 N–H and O–H groups in total. The summed E-state index contributed by atoms with van der Waals surface area (Å²) >= 11 is 0. The zero-order valence-electron chi connectivity index (χ0n) is 29.1. The first-order valence-corrected chi connectivity index (χ1v) is 19.1. The monoisotopic (exact) mass is 598 g/mol. The fourth-order valence-corrected chi connectivity index (χ4v) is 6.04. The van der Waals surface area contributed by atoms with Gasteiger partial charge >= 0.3 is 0 Å². The molecule has 0 rings (SSSR count). The van der Waals surface area contributed by atoms with Gasteiger partial charge in [-0.15, -0.1) is 12.4 Å². The third kappa shape index (κ3) is 42.2. The summed E-state index contributed by atoms with van der Waals surface area (Å²) < 4.78 is 0. The van der Waals surface area contributed by atoms with Crippen LogP contribution in [0.15, 0.2) is 12.2 Å². The van der Waals surface area contributed by atoms with Crippen LogP contribution in [-0.4, -0.2) is 25.5 Å². The number of hydrogen-bond donors (Lipinski definition) is 0. The van der Waals surface area contributed by atoms with Gasteiger partial charge in [-0.05, 0) is 26.9 Å². The summed E-state index contributed by atoms with van der Waals surface area (Å²) in [7, 11) is 4.27. The van der Waals surface area contributed by atoms with Gasteiger partial charge in [0, 0.05) is 6.54 Å². The highest BCUT2D eigenvalue weighted by molar-refractivity contribution is 5.85. The van der Waals surface area contributed by atoms with Gasteiger partial charge in [-0.3, -0.25) is 0 Å². The molecule has 0 aromatic rings. The van der Waals surface area contributed by atoms with Crippen molar-refractivity contribution in [1.82, 2.24) is 4.90 Å². The summed E-state index contributed by atoms with van der Waals surface area (Å²) in [5, 5.41) is 0. The second-order valence-corrected chi connectivity index (χ2v) is 13.5. The van der Waals surface area contributed by atoms with Crippen molar-refractivity contribution in [1.29, 1.82) is 0 Å². The fraction of sp³-hybridized carbons (Fsp3) is 0.949. The molecular weight excluding hydrogens is 518 g/mol. The quantitative estimate of drug-likeness (QED) is 0.0518. The van der Waals surface area contributed by atoms with E-state index in [4.69, 9.17) is 0 Å². The first kappa shape index (κ1) is 43.1. The third-order valence-electron chi connectivity index (χ3n) is 8.86. The zero-order chi connectivity index (χ0) is 29.0. The highest BCUT2D eigenvalue weighted by Crippen LogP contribution is 2.17. The van der Waals surface area contributed by atoms with Crippen LogP contribution in [0.2, 0.25) is 0 Å². The van der Waals surface area contributed by atoms with Gasteiger partial charge in [0.2, 0.25) is 0 Å². The zero-order valence-corrected chi connectivity index (χ0v) is 29.9. The van der Waals surface area contributed by atoms with Crippen molar-refractivity contribution in [3.63, 3.8) is 0 Å². The number of likely N-dealkylation sites (N-methyl/N-ethyl adjacent to an activating group) is 1. The van der Waals surface area contributed by atoms with E-state index in [0.717, 1.165) is 6.54 Å². The van der Waals surface area contributed by atoms with Crippen molar-refractivity contribution in [3.8, 4) is 0 Å². The Morgan fingerprint density at radius 1 is 0.317 bits per heavy atom. The van der Waals surface area contributed by atoms with E-state index >= 15 is 0 Å². The molecule has 0 atom stereocenters. The van der Waals surface area contributed by atoms with Crippen molar-refractivity contribution < 1.29 is 0 Å². The minimum Gasteiger partial charge on any atom is -0.306 e. The molecule has 2 heteroatoms. The Bertz CT molecular complexity index is 460. The number of rotatable bonds is 35. The second kappa shape index (κ2) is 40.0. The van der Waals surface area contributed by atoms with Gasteiger partial charge in [0.1, 0.15) is 0 Å². The maximum Gasteiger partial charge on any atom is 0.0157 e. The molecule has 0 aromatic carbocycles. The Balaban J connectivity index is 0. The van der Waals surface area contributed by atoms with E-state index in [9.17, 15) is 0 Å². The van der Waals surface area contributed by atoms with Gasteiger partial charge in [-0.1, -0.05) is 218 Å². The summed E-state index contributed by atoms with van der Waals surface area (Å²) in [6, 6.07) is 0. The van der Waals surface area contributed by atoms with Crippen LogP contribution < -0.4 is 0 Å². The maximum absolute atomic E-state index is 2.36. The van der Waals surface area contributed by atoms with Crippen molar-refractivity contribution in [2.24, 2.45) is 0 Å². The summed E-state index contributed by atoms with van der Waals surface area (Å²) in [6.07, 6.45) is 53.1. The fourth-order valence-electron chi connectivity index (χ4n) is 6.04.